The van der Waals surface area contributed by atoms with Crippen molar-refractivity contribution in [1.29, 1.82) is 0 Å². The minimum atomic E-state index is -1.62. The molecule has 0 aliphatic carbocycles. The van der Waals surface area contributed by atoms with Crippen LogP contribution in [-0.4, -0.2) is 22.7 Å². The first-order chi connectivity index (χ1) is 5.74. The van der Waals surface area contributed by atoms with Gasteiger partial charge in [0.25, 0.3) is 0 Å². The van der Waals surface area contributed by atoms with Gasteiger partial charge in [-0.2, -0.15) is 0 Å². The molecule has 0 aliphatic heterocycles. The van der Waals surface area contributed by atoms with E-state index in [1.54, 1.807) is 0 Å². The molecule has 0 radical (unpaired) electrons. The second-order valence-electron chi connectivity index (χ2n) is 3.17. The summed E-state index contributed by atoms with van der Waals surface area (Å²) in [6.07, 6.45) is 3.24. The van der Waals surface area contributed by atoms with Gasteiger partial charge in [0.05, 0.1) is 0 Å². The van der Waals surface area contributed by atoms with Gasteiger partial charge >= 0.3 is 84.9 Å². The average Bonchev–Trinajstić information content (AvgIpc) is 2.14. The van der Waals surface area contributed by atoms with Crippen molar-refractivity contribution in [1.82, 2.24) is 0 Å². The van der Waals surface area contributed by atoms with E-state index in [1.807, 2.05) is 6.08 Å². The molecular formula is C10H22SSn. The van der Waals surface area contributed by atoms with Crippen LogP contribution in [0.2, 0.25) is 13.3 Å². The van der Waals surface area contributed by atoms with Gasteiger partial charge in [-0.25, -0.2) is 0 Å². The van der Waals surface area contributed by atoms with Gasteiger partial charge < -0.3 is 0 Å². The van der Waals surface area contributed by atoms with Crippen LogP contribution in [0, 0.1) is 0 Å². The van der Waals surface area contributed by atoms with Crippen LogP contribution in [0.4, 0.5) is 0 Å². The summed E-state index contributed by atoms with van der Waals surface area (Å²) in [6, 6.07) is 0. The van der Waals surface area contributed by atoms with E-state index in [0.29, 0.717) is 0 Å². The van der Waals surface area contributed by atoms with E-state index in [4.69, 9.17) is 0 Å². The zero-order valence-electron chi connectivity index (χ0n) is 8.73. The summed E-state index contributed by atoms with van der Waals surface area (Å²) in [5.41, 5.74) is 0. The van der Waals surface area contributed by atoms with E-state index in [0.717, 1.165) is 0 Å². The zero-order valence-corrected chi connectivity index (χ0v) is 12.4. The number of hydrogen-bond acceptors (Lipinski definition) is 1. The van der Waals surface area contributed by atoms with E-state index in [-0.39, 0.29) is 0 Å². The summed E-state index contributed by atoms with van der Waals surface area (Å²) in [6.45, 7) is 10.9. The Balaban J connectivity index is 3.84. The first-order valence-electron chi connectivity index (χ1n) is 4.99. The molecule has 0 aliphatic rings. The van der Waals surface area contributed by atoms with Crippen LogP contribution in [0.1, 0.15) is 27.2 Å². The first kappa shape index (κ1) is 12.9. The molecule has 0 aromatic carbocycles. The Kier molecular flexibility index (Phi) is 7.85. The Morgan fingerprint density at radius 3 is 2.00 bits per heavy atom. The molecule has 0 aromatic rings. The van der Waals surface area contributed by atoms with Gasteiger partial charge in [0.2, 0.25) is 0 Å². The molecule has 0 heterocycles. The molecule has 0 saturated heterocycles. The van der Waals surface area contributed by atoms with Gasteiger partial charge in [0, 0.05) is 0 Å². The van der Waals surface area contributed by atoms with E-state index in [1.165, 1.54) is 25.5 Å². The molecule has 0 unspecified atom stereocenters. The van der Waals surface area contributed by atoms with Gasteiger partial charge in [-0.1, -0.05) is 0 Å². The monoisotopic (exact) mass is 294 g/mol. The fourth-order valence-corrected chi connectivity index (χ4v) is 17.0. The molecule has 0 saturated carbocycles. The second-order valence-corrected chi connectivity index (χ2v) is 25.0. The van der Waals surface area contributed by atoms with E-state index >= 15 is 0 Å². The summed E-state index contributed by atoms with van der Waals surface area (Å²) in [5, 5.41) is 0. The molecule has 0 aromatic heterocycles. The minimum absolute atomic E-state index is 1.20. The normalized spacial score (nSPS) is 11.6. The zero-order chi connectivity index (χ0) is 9.45. The van der Waals surface area contributed by atoms with Crippen molar-refractivity contribution in [2.75, 3.05) is 5.75 Å². The molecule has 0 rings (SSSR count). The molecule has 72 valence electrons. The van der Waals surface area contributed by atoms with Crippen molar-refractivity contribution in [3.05, 3.63) is 12.7 Å². The quantitative estimate of drug-likeness (QED) is 0.383. The van der Waals surface area contributed by atoms with Crippen molar-refractivity contribution in [2.24, 2.45) is 0 Å². The number of allylic oxidation sites excluding steroid dienone is 1. The van der Waals surface area contributed by atoms with Gasteiger partial charge in [-0.05, 0) is 0 Å². The SMILES string of the molecule is C=CCC[S][Sn]([CH2]C)([CH2]C)[CH2]C. The number of hydrogen-bond donors (Lipinski definition) is 0. The van der Waals surface area contributed by atoms with Crippen LogP contribution >= 0.6 is 8.95 Å². The van der Waals surface area contributed by atoms with Crippen LogP contribution in [0.15, 0.2) is 12.7 Å². The van der Waals surface area contributed by atoms with Gasteiger partial charge in [0.1, 0.15) is 0 Å². The summed E-state index contributed by atoms with van der Waals surface area (Å²) < 4.78 is 4.51. The molecular weight excluding hydrogens is 271 g/mol. The van der Waals surface area contributed by atoms with E-state index in [9.17, 15) is 0 Å². The Hall–Kier alpha value is 0.889. The van der Waals surface area contributed by atoms with Crippen LogP contribution in [-0.2, 0) is 0 Å². The van der Waals surface area contributed by atoms with E-state index in [2.05, 4.69) is 36.3 Å². The van der Waals surface area contributed by atoms with Crippen molar-refractivity contribution >= 4 is 25.9 Å². The predicted octanol–water partition coefficient (Wildman–Crippen LogP) is 4.30. The Morgan fingerprint density at radius 2 is 1.67 bits per heavy atom. The van der Waals surface area contributed by atoms with Crippen molar-refractivity contribution in [2.45, 2.75) is 40.5 Å². The third-order valence-corrected chi connectivity index (χ3v) is 27.6. The van der Waals surface area contributed by atoms with Crippen molar-refractivity contribution in [3.8, 4) is 0 Å². The van der Waals surface area contributed by atoms with Gasteiger partial charge in [-0.3, -0.25) is 0 Å². The Bertz CT molecular complexity index is 111. The summed E-state index contributed by atoms with van der Waals surface area (Å²) in [5.74, 6) is 1.33. The number of rotatable bonds is 7. The van der Waals surface area contributed by atoms with Crippen LogP contribution in [0.25, 0.3) is 0 Å². The molecule has 0 N–H and O–H groups in total. The average molecular weight is 293 g/mol. The maximum absolute atomic E-state index is 3.77. The topological polar surface area (TPSA) is 0 Å². The molecule has 0 spiro atoms. The molecule has 0 nitrogen and oxygen atoms in total. The van der Waals surface area contributed by atoms with Gasteiger partial charge in [0.15, 0.2) is 0 Å². The summed E-state index contributed by atoms with van der Waals surface area (Å²) in [7, 11) is 2.33. The Labute approximate surface area is 84.5 Å². The Morgan fingerprint density at radius 1 is 1.17 bits per heavy atom. The van der Waals surface area contributed by atoms with Crippen LogP contribution in [0.3, 0.4) is 0 Å². The fourth-order valence-electron chi connectivity index (χ4n) is 1.41. The fraction of sp³-hybridized carbons (Fsp3) is 0.800. The maximum atomic E-state index is 3.77. The standard InChI is InChI=1S/C4H8S.3C2H5.Sn/c1-2-3-4-5;3*1-2;/h2,5H,1,3-4H2;3*1H2,2H3;/q;;;;+1/p-1. The third kappa shape index (κ3) is 4.22. The molecule has 0 amide bonds. The summed E-state index contributed by atoms with van der Waals surface area (Å²) in [4.78, 5) is 0. The van der Waals surface area contributed by atoms with Crippen molar-refractivity contribution < 1.29 is 0 Å². The third-order valence-electron chi connectivity index (χ3n) is 2.66. The molecule has 12 heavy (non-hydrogen) atoms. The van der Waals surface area contributed by atoms with Gasteiger partial charge in [-0.15, -0.1) is 0 Å². The molecule has 0 bridgehead atoms. The predicted molar refractivity (Wildman–Crippen MR) is 64.5 cm³/mol. The molecule has 0 fully saturated rings. The molecule has 0 atom stereocenters. The van der Waals surface area contributed by atoms with E-state index < -0.39 is 17.0 Å². The van der Waals surface area contributed by atoms with Crippen LogP contribution in [0.5, 0.6) is 0 Å². The van der Waals surface area contributed by atoms with Crippen LogP contribution < -0.4 is 0 Å². The first-order valence-corrected chi connectivity index (χ1v) is 15.5. The summed E-state index contributed by atoms with van der Waals surface area (Å²) >= 11 is -1.62. The molecule has 2 heteroatoms. The second kappa shape index (κ2) is 7.31. The van der Waals surface area contributed by atoms with Crippen molar-refractivity contribution in [3.63, 3.8) is 0 Å².